The summed E-state index contributed by atoms with van der Waals surface area (Å²) >= 11 is 0. The number of amides is 1. The molecule has 0 aromatic heterocycles. The van der Waals surface area contributed by atoms with E-state index in [0.717, 1.165) is 25.7 Å². The van der Waals surface area contributed by atoms with Crippen molar-refractivity contribution in [3.05, 3.63) is 0 Å². The summed E-state index contributed by atoms with van der Waals surface area (Å²) in [7, 11) is 1.62. The lowest BCUT2D eigenvalue weighted by atomic mass is 9.79. The number of nitrogens with two attached hydrogens (primary N) is 1. The molecule has 1 saturated carbocycles. The zero-order chi connectivity index (χ0) is 10.2. The highest BCUT2D eigenvalue weighted by molar-refractivity contribution is 6.07. The standard InChI is InChI=1S/C9H15N3O2/c1-14-6-4-2-3-5-9(6)7(13)11-8(10)12-9/h6H,2-5H2,1H3,(H3,10,11,12,13). The van der Waals surface area contributed by atoms with Gasteiger partial charge < -0.3 is 10.5 Å². The monoisotopic (exact) mass is 197 g/mol. The Kier molecular flexibility index (Phi) is 2.19. The largest absolute Gasteiger partial charge is 0.378 e. The van der Waals surface area contributed by atoms with Gasteiger partial charge in [-0.25, -0.2) is 4.99 Å². The van der Waals surface area contributed by atoms with E-state index in [-0.39, 0.29) is 18.0 Å². The van der Waals surface area contributed by atoms with Crippen LogP contribution in [0.15, 0.2) is 4.99 Å². The molecule has 1 aliphatic carbocycles. The van der Waals surface area contributed by atoms with Gasteiger partial charge in [-0.05, 0) is 12.8 Å². The molecule has 0 aromatic rings. The van der Waals surface area contributed by atoms with Gasteiger partial charge in [0.25, 0.3) is 5.91 Å². The third-order valence-corrected chi connectivity index (χ3v) is 3.05. The molecule has 1 heterocycles. The highest BCUT2D eigenvalue weighted by Crippen LogP contribution is 2.35. The summed E-state index contributed by atoms with van der Waals surface area (Å²) in [5.41, 5.74) is 4.77. The fraction of sp³-hybridized carbons (Fsp3) is 0.778. The Hall–Kier alpha value is -1.10. The van der Waals surface area contributed by atoms with Gasteiger partial charge in [-0.3, -0.25) is 10.1 Å². The molecule has 0 radical (unpaired) electrons. The molecule has 1 fully saturated rings. The highest BCUT2D eigenvalue weighted by atomic mass is 16.5. The van der Waals surface area contributed by atoms with Gasteiger partial charge in [0, 0.05) is 7.11 Å². The molecule has 2 unspecified atom stereocenters. The molecule has 2 atom stereocenters. The lowest BCUT2D eigenvalue weighted by Gasteiger charge is -2.35. The number of guanidine groups is 1. The number of nitrogens with zero attached hydrogens (tertiary/aromatic N) is 1. The zero-order valence-electron chi connectivity index (χ0n) is 8.25. The predicted octanol–water partition coefficient (Wildman–Crippen LogP) is -0.241. The number of hydrogen-bond acceptors (Lipinski definition) is 4. The molecular weight excluding hydrogens is 182 g/mol. The molecule has 0 saturated heterocycles. The minimum absolute atomic E-state index is 0.110. The van der Waals surface area contributed by atoms with E-state index in [4.69, 9.17) is 10.5 Å². The Morgan fingerprint density at radius 2 is 2.43 bits per heavy atom. The van der Waals surface area contributed by atoms with Gasteiger partial charge >= 0.3 is 0 Å². The van der Waals surface area contributed by atoms with Crippen molar-refractivity contribution in [2.75, 3.05) is 7.11 Å². The molecular formula is C9H15N3O2. The average Bonchev–Trinajstić information content (AvgIpc) is 2.43. The van der Waals surface area contributed by atoms with Gasteiger partial charge in [-0.15, -0.1) is 0 Å². The Bertz CT molecular complexity index is 290. The number of nitrogens with one attached hydrogen (secondary N) is 1. The van der Waals surface area contributed by atoms with Gasteiger partial charge in [-0.2, -0.15) is 0 Å². The van der Waals surface area contributed by atoms with Crippen LogP contribution >= 0.6 is 0 Å². The second kappa shape index (κ2) is 3.24. The van der Waals surface area contributed by atoms with Crippen molar-refractivity contribution in [1.29, 1.82) is 0 Å². The summed E-state index contributed by atoms with van der Waals surface area (Å²) in [4.78, 5) is 16.0. The second-order valence-corrected chi connectivity index (χ2v) is 3.85. The summed E-state index contributed by atoms with van der Waals surface area (Å²) < 4.78 is 5.32. The maximum Gasteiger partial charge on any atom is 0.257 e. The van der Waals surface area contributed by atoms with Crippen LogP contribution in [0.4, 0.5) is 0 Å². The van der Waals surface area contributed by atoms with Crippen LogP contribution in [0.2, 0.25) is 0 Å². The lowest BCUT2D eigenvalue weighted by molar-refractivity contribution is -0.130. The van der Waals surface area contributed by atoms with Crippen LogP contribution < -0.4 is 11.1 Å². The van der Waals surface area contributed by atoms with Crippen molar-refractivity contribution >= 4 is 11.9 Å². The molecule has 2 aliphatic rings. The topological polar surface area (TPSA) is 76.7 Å². The van der Waals surface area contributed by atoms with E-state index in [9.17, 15) is 4.79 Å². The van der Waals surface area contributed by atoms with Crippen molar-refractivity contribution in [3.8, 4) is 0 Å². The molecule has 1 aliphatic heterocycles. The van der Waals surface area contributed by atoms with Crippen molar-refractivity contribution in [3.63, 3.8) is 0 Å². The molecule has 0 aromatic carbocycles. The van der Waals surface area contributed by atoms with E-state index >= 15 is 0 Å². The summed E-state index contributed by atoms with van der Waals surface area (Å²) in [5.74, 6) is 0.112. The van der Waals surface area contributed by atoms with Gasteiger partial charge in [0.1, 0.15) is 0 Å². The summed E-state index contributed by atoms with van der Waals surface area (Å²) in [6.07, 6.45) is 3.57. The quantitative estimate of drug-likeness (QED) is 0.609. The maximum absolute atomic E-state index is 11.7. The van der Waals surface area contributed by atoms with Gasteiger partial charge in [0.15, 0.2) is 11.5 Å². The van der Waals surface area contributed by atoms with Gasteiger partial charge in [0.05, 0.1) is 6.10 Å². The third-order valence-electron chi connectivity index (χ3n) is 3.05. The molecule has 14 heavy (non-hydrogen) atoms. The van der Waals surface area contributed by atoms with E-state index < -0.39 is 5.54 Å². The number of hydrogen-bond donors (Lipinski definition) is 2. The van der Waals surface area contributed by atoms with E-state index in [0.29, 0.717) is 0 Å². The van der Waals surface area contributed by atoms with Gasteiger partial charge in [-0.1, -0.05) is 12.8 Å². The molecule has 2 rings (SSSR count). The first-order valence-corrected chi connectivity index (χ1v) is 4.88. The van der Waals surface area contributed by atoms with Crippen LogP contribution in [0.1, 0.15) is 25.7 Å². The molecule has 1 spiro atoms. The van der Waals surface area contributed by atoms with Crippen molar-refractivity contribution in [2.24, 2.45) is 10.7 Å². The van der Waals surface area contributed by atoms with Crippen LogP contribution in [0.25, 0.3) is 0 Å². The number of rotatable bonds is 1. The zero-order valence-corrected chi connectivity index (χ0v) is 8.25. The van der Waals surface area contributed by atoms with Crippen LogP contribution in [0, 0.1) is 0 Å². The number of carbonyl (C=O) groups is 1. The number of ether oxygens (including phenoxy) is 1. The second-order valence-electron chi connectivity index (χ2n) is 3.85. The summed E-state index contributed by atoms with van der Waals surface area (Å²) in [5, 5.41) is 2.55. The molecule has 1 amide bonds. The van der Waals surface area contributed by atoms with Crippen molar-refractivity contribution in [1.82, 2.24) is 5.32 Å². The maximum atomic E-state index is 11.7. The molecule has 5 nitrogen and oxygen atoms in total. The van der Waals surface area contributed by atoms with Crippen LogP contribution in [0.3, 0.4) is 0 Å². The number of carbonyl (C=O) groups excluding carboxylic acids is 1. The summed E-state index contributed by atoms with van der Waals surface area (Å²) in [6.45, 7) is 0. The van der Waals surface area contributed by atoms with Crippen LogP contribution in [0.5, 0.6) is 0 Å². The number of aliphatic imine (C=N–C) groups is 1. The Balaban J connectivity index is 2.31. The fourth-order valence-corrected chi connectivity index (χ4v) is 2.34. The molecule has 3 N–H and O–H groups in total. The normalized spacial score (nSPS) is 37.1. The average molecular weight is 197 g/mol. The SMILES string of the molecule is COC1CCCCC12N=C(N)NC2=O. The lowest BCUT2D eigenvalue weighted by Crippen LogP contribution is -2.51. The minimum atomic E-state index is -0.739. The van der Waals surface area contributed by atoms with Crippen LogP contribution in [-0.4, -0.2) is 30.6 Å². The Morgan fingerprint density at radius 3 is 3.00 bits per heavy atom. The first-order valence-electron chi connectivity index (χ1n) is 4.88. The summed E-state index contributed by atoms with van der Waals surface area (Å²) in [6, 6.07) is 0. The van der Waals surface area contributed by atoms with Crippen molar-refractivity contribution in [2.45, 2.75) is 37.3 Å². The minimum Gasteiger partial charge on any atom is -0.378 e. The van der Waals surface area contributed by atoms with E-state index in [1.807, 2.05) is 0 Å². The third kappa shape index (κ3) is 1.19. The predicted molar refractivity (Wildman–Crippen MR) is 51.8 cm³/mol. The molecule has 78 valence electrons. The smallest absolute Gasteiger partial charge is 0.257 e. The fourth-order valence-electron chi connectivity index (χ4n) is 2.34. The highest BCUT2D eigenvalue weighted by Gasteiger charge is 2.51. The first kappa shape index (κ1) is 9.45. The Morgan fingerprint density at radius 1 is 1.64 bits per heavy atom. The van der Waals surface area contributed by atoms with Crippen LogP contribution in [-0.2, 0) is 9.53 Å². The first-order chi connectivity index (χ1) is 6.69. The molecule has 0 bridgehead atoms. The van der Waals surface area contributed by atoms with Gasteiger partial charge in [0.2, 0.25) is 0 Å². The van der Waals surface area contributed by atoms with E-state index in [1.165, 1.54) is 0 Å². The van der Waals surface area contributed by atoms with E-state index in [2.05, 4.69) is 10.3 Å². The van der Waals surface area contributed by atoms with Crippen molar-refractivity contribution < 1.29 is 9.53 Å². The van der Waals surface area contributed by atoms with E-state index in [1.54, 1.807) is 7.11 Å². The Labute approximate surface area is 82.7 Å². The number of methoxy groups -OCH3 is 1. The molecule has 5 heteroatoms.